The second kappa shape index (κ2) is 5.25. The van der Waals surface area contributed by atoms with Crippen LogP contribution < -0.4 is 5.32 Å². The van der Waals surface area contributed by atoms with Crippen LogP contribution in [0, 0.1) is 19.3 Å². The van der Waals surface area contributed by atoms with Gasteiger partial charge in [-0.1, -0.05) is 15.9 Å². The van der Waals surface area contributed by atoms with Gasteiger partial charge in [-0.2, -0.15) is 12.6 Å². The predicted octanol–water partition coefficient (Wildman–Crippen LogP) is 4.10. The van der Waals surface area contributed by atoms with Gasteiger partial charge in [-0.05, 0) is 61.1 Å². The summed E-state index contributed by atoms with van der Waals surface area (Å²) >= 11 is 7.85. The molecule has 0 aliphatic heterocycles. The molecule has 2 rings (SSSR count). The highest BCUT2D eigenvalue weighted by molar-refractivity contribution is 9.10. The van der Waals surface area contributed by atoms with E-state index in [0.29, 0.717) is 6.42 Å². The van der Waals surface area contributed by atoms with Crippen molar-refractivity contribution in [2.24, 2.45) is 5.41 Å². The lowest BCUT2D eigenvalue weighted by atomic mass is 10.0. The van der Waals surface area contributed by atoms with Gasteiger partial charge in [0.25, 0.3) is 0 Å². The quantitative estimate of drug-likeness (QED) is 0.801. The molecule has 1 aliphatic carbocycles. The number of aryl methyl sites for hydroxylation is 2. The maximum absolute atomic E-state index is 12.0. The first-order valence-electron chi connectivity index (χ1n) is 6.13. The van der Waals surface area contributed by atoms with Crippen LogP contribution in [0.5, 0.6) is 0 Å². The van der Waals surface area contributed by atoms with E-state index < -0.39 is 0 Å². The molecule has 2 nitrogen and oxygen atoms in total. The maximum Gasteiger partial charge on any atom is 0.224 e. The Morgan fingerprint density at radius 3 is 2.39 bits per heavy atom. The number of amides is 1. The minimum absolute atomic E-state index is 0.0997. The van der Waals surface area contributed by atoms with E-state index >= 15 is 0 Å². The van der Waals surface area contributed by atoms with Gasteiger partial charge in [-0.3, -0.25) is 4.79 Å². The number of thiol groups is 1. The topological polar surface area (TPSA) is 29.1 Å². The van der Waals surface area contributed by atoms with Gasteiger partial charge in [0, 0.05) is 16.6 Å². The SMILES string of the molecule is Cc1cc(NC(=O)CC2(CS)CC2)cc(C)c1Br. The Kier molecular flexibility index (Phi) is 4.07. The van der Waals surface area contributed by atoms with E-state index in [1.807, 2.05) is 26.0 Å². The summed E-state index contributed by atoms with van der Waals surface area (Å²) in [6.07, 6.45) is 2.84. The zero-order valence-corrected chi connectivity index (χ0v) is 13.2. The lowest BCUT2D eigenvalue weighted by Gasteiger charge is -2.13. The monoisotopic (exact) mass is 327 g/mol. The van der Waals surface area contributed by atoms with Crippen molar-refractivity contribution >= 4 is 40.2 Å². The molecule has 0 heterocycles. The summed E-state index contributed by atoms with van der Waals surface area (Å²) in [5, 5.41) is 2.99. The Morgan fingerprint density at radius 2 is 1.94 bits per heavy atom. The van der Waals surface area contributed by atoms with Crippen LogP contribution in [0.15, 0.2) is 16.6 Å². The van der Waals surface area contributed by atoms with Gasteiger partial charge in [0.2, 0.25) is 5.91 Å². The van der Waals surface area contributed by atoms with Crippen LogP contribution in [0.2, 0.25) is 0 Å². The summed E-state index contributed by atoms with van der Waals surface area (Å²) in [7, 11) is 0. The zero-order chi connectivity index (χ0) is 13.3. The maximum atomic E-state index is 12.0. The molecule has 1 amide bonds. The third kappa shape index (κ3) is 3.09. The first kappa shape index (κ1) is 13.9. The molecule has 0 atom stereocenters. The highest BCUT2D eigenvalue weighted by atomic mass is 79.9. The average Bonchev–Trinajstić information content (AvgIpc) is 3.06. The zero-order valence-electron chi connectivity index (χ0n) is 10.7. The van der Waals surface area contributed by atoms with Crippen molar-refractivity contribution in [3.8, 4) is 0 Å². The molecular weight excluding hydrogens is 310 g/mol. The van der Waals surface area contributed by atoms with Crippen LogP contribution in [0.1, 0.15) is 30.4 Å². The summed E-state index contributed by atoms with van der Waals surface area (Å²) in [5.74, 6) is 0.904. The van der Waals surface area contributed by atoms with Gasteiger partial charge in [0.05, 0.1) is 0 Å². The Labute approximate surface area is 122 Å². The van der Waals surface area contributed by atoms with Crippen LogP contribution in [0.4, 0.5) is 5.69 Å². The molecule has 1 aliphatic rings. The van der Waals surface area contributed by atoms with Crippen LogP contribution in [0.3, 0.4) is 0 Å². The molecule has 18 heavy (non-hydrogen) atoms. The van der Waals surface area contributed by atoms with E-state index in [-0.39, 0.29) is 11.3 Å². The van der Waals surface area contributed by atoms with Crippen LogP contribution >= 0.6 is 28.6 Å². The van der Waals surface area contributed by atoms with E-state index in [1.54, 1.807) is 0 Å². The molecule has 1 fully saturated rings. The molecule has 98 valence electrons. The van der Waals surface area contributed by atoms with Crippen LogP contribution in [-0.2, 0) is 4.79 Å². The minimum Gasteiger partial charge on any atom is -0.326 e. The third-order valence-electron chi connectivity index (χ3n) is 3.55. The van der Waals surface area contributed by atoms with Crippen LogP contribution in [-0.4, -0.2) is 11.7 Å². The molecule has 0 saturated heterocycles. The predicted molar refractivity (Wildman–Crippen MR) is 82.4 cm³/mol. The first-order chi connectivity index (χ1) is 8.46. The van der Waals surface area contributed by atoms with Crippen molar-refractivity contribution in [3.63, 3.8) is 0 Å². The van der Waals surface area contributed by atoms with Crippen molar-refractivity contribution in [1.82, 2.24) is 0 Å². The first-order valence-corrected chi connectivity index (χ1v) is 7.56. The third-order valence-corrected chi connectivity index (χ3v) is 5.47. The average molecular weight is 328 g/mol. The second-order valence-corrected chi connectivity index (χ2v) is 6.42. The highest BCUT2D eigenvalue weighted by Crippen LogP contribution is 2.49. The number of hydrogen-bond acceptors (Lipinski definition) is 2. The molecule has 0 bridgehead atoms. The number of nitrogens with one attached hydrogen (secondary N) is 1. The summed E-state index contributed by atoms with van der Waals surface area (Å²) in [6.45, 7) is 4.06. The van der Waals surface area contributed by atoms with Gasteiger partial charge in [0.15, 0.2) is 0 Å². The molecule has 0 aromatic heterocycles. The Morgan fingerprint density at radius 1 is 1.39 bits per heavy atom. The Hall–Kier alpha value is -0.480. The fraction of sp³-hybridized carbons (Fsp3) is 0.500. The molecule has 4 heteroatoms. The normalized spacial score (nSPS) is 16.4. The molecule has 1 saturated carbocycles. The van der Waals surface area contributed by atoms with Crippen molar-refractivity contribution < 1.29 is 4.79 Å². The van der Waals surface area contributed by atoms with E-state index in [1.165, 1.54) is 0 Å². The van der Waals surface area contributed by atoms with Gasteiger partial charge in [-0.25, -0.2) is 0 Å². The molecule has 0 unspecified atom stereocenters. The molecule has 1 N–H and O–H groups in total. The summed E-state index contributed by atoms with van der Waals surface area (Å²) < 4.78 is 1.11. The molecule has 1 aromatic rings. The fourth-order valence-corrected chi connectivity index (χ4v) is 2.79. The van der Waals surface area contributed by atoms with Gasteiger partial charge in [-0.15, -0.1) is 0 Å². The summed E-state index contributed by atoms with van der Waals surface area (Å²) in [5.41, 5.74) is 3.33. The van der Waals surface area contributed by atoms with Crippen molar-refractivity contribution in [2.75, 3.05) is 11.1 Å². The lowest BCUT2D eigenvalue weighted by Crippen LogP contribution is -2.18. The lowest BCUT2D eigenvalue weighted by molar-refractivity contribution is -0.117. The van der Waals surface area contributed by atoms with Crippen molar-refractivity contribution in [3.05, 3.63) is 27.7 Å². The van der Waals surface area contributed by atoms with Crippen LogP contribution in [0.25, 0.3) is 0 Å². The molecule has 0 spiro atoms. The number of rotatable bonds is 4. The largest absolute Gasteiger partial charge is 0.326 e. The Balaban J connectivity index is 2.03. The van der Waals surface area contributed by atoms with Gasteiger partial charge in [0.1, 0.15) is 0 Å². The van der Waals surface area contributed by atoms with E-state index in [2.05, 4.69) is 33.9 Å². The summed E-state index contributed by atoms with van der Waals surface area (Å²) in [6, 6.07) is 3.99. The van der Waals surface area contributed by atoms with E-state index in [9.17, 15) is 4.79 Å². The van der Waals surface area contributed by atoms with Crippen molar-refractivity contribution in [2.45, 2.75) is 33.1 Å². The van der Waals surface area contributed by atoms with Gasteiger partial charge >= 0.3 is 0 Å². The number of benzene rings is 1. The highest BCUT2D eigenvalue weighted by Gasteiger charge is 2.42. The Bertz CT molecular complexity index is 460. The number of halogens is 1. The van der Waals surface area contributed by atoms with Crippen molar-refractivity contribution in [1.29, 1.82) is 0 Å². The fourth-order valence-electron chi connectivity index (χ4n) is 2.13. The van der Waals surface area contributed by atoms with Gasteiger partial charge < -0.3 is 5.32 Å². The van der Waals surface area contributed by atoms with E-state index in [4.69, 9.17) is 0 Å². The molecule has 1 aromatic carbocycles. The summed E-state index contributed by atoms with van der Waals surface area (Å²) in [4.78, 5) is 12.0. The van der Waals surface area contributed by atoms with E-state index in [0.717, 1.165) is 39.9 Å². The molecular formula is C14H18BrNOS. The smallest absolute Gasteiger partial charge is 0.224 e. The number of hydrogen-bond donors (Lipinski definition) is 2. The second-order valence-electron chi connectivity index (χ2n) is 5.31. The number of carbonyl (C=O) groups is 1. The minimum atomic E-state index is 0.0997. The number of anilines is 1. The standard InChI is InChI=1S/C14H18BrNOS/c1-9-5-11(6-10(2)13(9)15)16-12(17)7-14(8-18)3-4-14/h5-6,18H,3-4,7-8H2,1-2H3,(H,16,17). The number of carbonyl (C=O) groups excluding carboxylic acids is 1. The molecule has 0 radical (unpaired) electrons.